The molecule has 0 radical (unpaired) electrons. The second-order valence-corrected chi connectivity index (χ2v) is 5.25. The summed E-state index contributed by atoms with van der Waals surface area (Å²) in [5.74, 6) is -1.79. The maximum Gasteiger partial charge on any atom is 0.240 e. The van der Waals surface area contributed by atoms with Crippen molar-refractivity contribution in [3.63, 3.8) is 0 Å². The van der Waals surface area contributed by atoms with E-state index >= 15 is 0 Å². The largest absolute Gasteiger partial charge is 0.354 e. The second-order valence-electron chi connectivity index (χ2n) is 5.25. The first kappa shape index (κ1) is 17.6. The number of para-hydroxylation sites is 1. The fourth-order valence-corrected chi connectivity index (χ4v) is 2.27. The molecule has 0 heterocycles. The average Bonchev–Trinajstić information content (AvgIpc) is 2.55. The van der Waals surface area contributed by atoms with Gasteiger partial charge in [-0.25, -0.2) is 8.78 Å². The van der Waals surface area contributed by atoms with Crippen LogP contribution in [0.2, 0.25) is 0 Å². The number of nitrogens with one attached hydrogen (secondary N) is 1. The Morgan fingerprint density at radius 3 is 2.25 bits per heavy atom. The summed E-state index contributed by atoms with van der Waals surface area (Å²) in [5, 5.41) is 2.61. The van der Waals surface area contributed by atoms with E-state index in [4.69, 9.17) is 0 Å². The Morgan fingerprint density at radius 1 is 1.00 bits per heavy atom. The molecule has 0 aliphatic rings. The van der Waals surface area contributed by atoms with Crippen molar-refractivity contribution in [1.29, 1.82) is 0 Å². The molecule has 2 rings (SSSR count). The van der Waals surface area contributed by atoms with Gasteiger partial charge in [0.05, 0.1) is 5.69 Å². The van der Waals surface area contributed by atoms with Crippen molar-refractivity contribution in [2.75, 3.05) is 18.0 Å². The lowest BCUT2D eigenvalue weighted by Crippen LogP contribution is -2.40. The van der Waals surface area contributed by atoms with Crippen LogP contribution in [0, 0.1) is 11.6 Å². The highest BCUT2D eigenvalue weighted by atomic mass is 19.1. The number of rotatable bonds is 6. The minimum absolute atomic E-state index is 0.0502. The van der Waals surface area contributed by atoms with Crippen molar-refractivity contribution in [2.45, 2.75) is 13.3 Å². The fraction of sp³-hybridized carbons (Fsp3) is 0.222. The van der Waals surface area contributed by atoms with Gasteiger partial charge in [0.1, 0.15) is 18.2 Å². The van der Waals surface area contributed by atoms with E-state index in [0.717, 1.165) is 4.90 Å². The van der Waals surface area contributed by atoms with Gasteiger partial charge in [-0.15, -0.1) is 0 Å². The smallest absolute Gasteiger partial charge is 0.240 e. The Hall–Kier alpha value is -2.76. The van der Waals surface area contributed by atoms with Crippen LogP contribution in [0.1, 0.15) is 12.5 Å². The number of carbonyl (C=O) groups is 2. The first-order valence-corrected chi connectivity index (χ1v) is 7.52. The lowest BCUT2D eigenvalue weighted by atomic mass is 10.1. The zero-order valence-corrected chi connectivity index (χ0v) is 13.3. The van der Waals surface area contributed by atoms with Crippen LogP contribution >= 0.6 is 0 Å². The van der Waals surface area contributed by atoms with E-state index in [-0.39, 0.29) is 24.6 Å². The minimum Gasteiger partial charge on any atom is -0.354 e. The van der Waals surface area contributed by atoms with Gasteiger partial charge in [-0.1, -0.05) is 30.3 Å². The van der Waals surface area contributed by atoms with Gasteiger partial charge in [0.15, 0.2) is 0 Å². The van der Waals surface area contributed by atoms with Crippen LogP contribution in [-0.2, 0) is 16.0 Å². The van der Waals surface area contributed by atoms with Crippen molar-refractivity contribution in [2.24, 2.45) is 0 Å². The Balaban J connectivity index is 1.93. The topological polar surface area (TPSA) is 49.4 Å². The highest BCUT2D eigenvalue weighted by Gasteiger charge is 2.18. The lowest BCUT2D eigenvalue weighted by molar-refractivity contribution is -0.123. The SMILES string of the molecule is CC(=O)N(CC(=O)NCCc1ccccc1F)c1ccccc1F. The van der Waals surface area contributed by atoms with E-state index in [1.807, 2.05) is 0 Å². The van der Waals surface area contributed by atoms with Crippen LogP contribution in [0.4, 0.5) is 14.5 Å². The van der Waals surface area contributed by atoms with Crippen LogP contribution < -0.4 is 10.2 Å². The third kappa shape index (κ3) is 4.62. The van der Waals surface area contributed by atoms with E-state index in [2.05, 4.69) is 5.32 Å². The summed E-state index contributed by atoms with van der Waals surface area (Å²) in [6, 6.07) is 12.1. The molecule has 1 N–H and O–H groups in total. The summed E-state index contributed by atoms with van der Waals surface area (Å²) in [4.78, 5) is 24.8. The van der Waals surface area contributed by atoms with Gasteiger partial charge in [0.2, 0.25) is 11.8 Å². The molecule has 0 saturated heterocycles. The van der Waals surface area contributed by atoms with Crippen LogP contribution in [0.15, 0.2) is 48.5 Å². The molecule has 126 valence electrons. The average molecular weight is 332 g/mol. The number of carbonyl (C=O) groups excluding carboxylic acids is 2. The predicted molar refractivity (Wildman–Crippen MR) is 87.5 cm³/mol. The molecule has 0 unspecified atom stereocenters. The summed E-state index contributed by atoms with van der Waals surface area (Å²) in [6.45, 7) is 1.19. The summed E-state index contributed by atoms with van der Waals surface area (Å²) >= 11 is 0. The molecule has 4 nitrogen and oxygen atoms in total. The van der Waals surface area contributed by atoms with Crippen molar-refractivity contribution >= 4 is 17.5 Å². The molecule has 0 atom stereocenters. The molecule has 24 heavy (non-hydrogen) atoms. The number of anilines is 1. The van der Waals surface area contributed by atoms with Gasteiger partial charge < -0.3 is 10.2 Å². The maximum absolute atomic E-state index is 13.8. The summed E-state index contributed by atoms with van der Waals surface area (Å²) in [6.07, 6.45) is 0.332. The number of amides is 2. The highest BCUT2D eigenvalue weighted by Crippen LogP contribution is 2.18. The first-order chi connectivity index (χ1) is 11.5. The lowest BCUT2D eigenvalue weighted by Gasteiger charge is -2.21. The Morgan fingerprint density at radius 2 is 1.62 bits per heavy atom. The van der Waals surface area contributed by atoms with Crippen LogP contribution in [-0.4, -0.2) is 24.9 Å². The number of hydrogen-bond acceptors (Lipinski definition) is 2. The molecule has 2 aromatic carbocycles. The first-order valence-electron chi connectivity index (χ1n) is 7.52. The molecule has 0 spiro atoms. The summed E-state index contributed by atoms with van der Waals surface area (Å²) < 4.78 is 27.3. The Kier molecular flexibility index (Phi) is 6.01. The number of nitrogens with zero attached hydrogens (tertiary/aromatic N) is 1. The van der Waals surface area contributed by atoms with Crippen LogP contribution in [0.5, 0.6) is 0 Å². The molecular formula is C18H18F2N2O2. The van der Waals surface area contributed by atoms with Crippen molar-refractivity contribution in [1.82, 2.24) is 5.32 Å². The van der Waals surface area contributed by atoms with E-state index < -0.39 is 17.6 Å². The van der Waals surface area contributed by atoms with E-state index in [0.29, 0.717) is 12.0 Å². The van der Waals surface area contributed by atoms with Gasteiger partial charge in [-0.3, -0.25) is 9.59 Å². The summed E-state index contributed by atoms with van der Waals surface area (Å²) in [5.41, 5.74) is 0.546. The van der Waals surface area contributed by atoms with Crippen LogP contribution in [0.25, 0.3) is 0 Å². The molecule has 2 aromatic rings. The van der Waals surface area contributed by atoms with E-state index in [1.165, 1.54) is 31.2 Å². The zero-order chi connectivity index (χ0) is 17.5. The van der Waals surface area contributed by atoms with Crippen molar-refractivity contribution in [3.05, 3.63) is 65.7 Å². The van der Waals surface area contributed by atoms with Crippen LogP contribution in [0.3, 0.4) is 0 Å². The molecule has 2 amide bonds. The van der Waals surface area contributed by atoms with E-state index in [1.54, 1.807) is 24.3 Å². The minimum atomic E-state index is -0.577. The number of benzene rings is 2. The van der Waals surface area contributed by atoms with Gasteiger partial charge in [-0.2, -0.15) is 0 Å². The number of halogens is 2. The van der Waals surface area contributed by atoms with Gasteiger partial charge in [0, 0.05) is 13.5 Å². The second kappa shape index (κ2) is 8.19. The molecule has 0 aliphatic heterocycles. The van der Waals surface area contributed by atoms with Crippen molar-refractivity contribution in [3.8, 4) is 0 Å². The molecule has 6 heteroatoms. The quantitative estimate of drug-likeness (QED) is 0.884. The molecular weight excluding hydrogens is 314 g/mol. The zero-order valence-electron chi connectivity index (χ0n) is 13.3. The van der Waals surface area contributed by atoms with Gasteiger partial charge in [-0.05, 0) is 30.2 Å². The highest BCUT2D eigenvalue weighted by molar-refractivity contribution is 5.97. The molecule has 0 aliphatic carbocycles. The normalized spacial score (nSPS) is 10.3. The third-order valence-electron chi connectivity index (χ3n) is 3.50. The summed E-state index contributed by atoms with van der Waals surface area (Å²) in [7, 11) is 0. The third-order valence-corrected chi connectivity index (χ3v) is 3.50. The maximum atomic E-state index is 13.8. The Bertz CT molecular complexity index is 734. The van der Waals surface area contributed by atoms with E-state index in [9.17, 15) is 18.4 Å². The van der Waals surface area contributed by atoms with Gasteiger partial charge in [0.25, 0.3) is 0 Å². The standard InChI is InChI=1S/C18H18F2N2O2/c1-13(23)22(17-9-5-4-8-16(17)20)12-18(24)21-11-10-14-6-2-3-7-15(14)19/h2-9H,10-12H2,1H3,(H,21,24). The fourth-order valence-electron chi connectivity index (χ4n) is 2.27. The molecule has 0 aromatic heterocycles. The predicted octanol–water partition coefficient (Wildman–Crippen LogP) is 2.68. The Labute approximate surface area is 139 Å². The van der Waals surface area contributed by atoms with Crippen molar-refractivity contribution < 1.29 is 18.4 Å². The van der Waals surface area contributed by atoms with Gasteiger partial charge >= 0.3 is 0 Å². The molecule has 0 fully saturated rings. The monoisotopic (exact) mass is 332 g/mol. The molecule has 0 saturated carbocycles. The number of hydrogen-bond donors (Lipinski definition) is 1. The molecule has 0 bridgehead atoms.